The molecule has 33 heavy (non-hydrogen) atoms. The molecule has 1 N–H and O–H groups in total. The molecule has 5 rings (SSSR count). The van der Waals surface area contributed by atoms with Crippen molar-refractivity contribution >= 4 is 22.8 Å². The van der Waals surface area contributed by atoms with Crippen molar-refractivity contribution < 1.29 is 18.7 Å². The second-order valence-electron chi connectivity index (χ2n) is 9.23. The second kappa shape index (κ2) is 9.00. The monoisotopic (exact) mass is 448 g/mol. The molecular formula is C27H29FN2O3. The summed E-state index contributed by atoms with van der Waals surface area (Å²) in [5.41, 5.74) is 5.62. The van der Waals surface area contributed by atoms with Crippen molar-refractivity contribution in [3.05, 3.63) is 70.7 Å². The van der Waals surface area contributed by atoms with Gasteiger partial charge in [-0.05, 0) is 79.8 Å². The first-order valence-electron chi connectivity index (χ1n) is 11.8. The molecule has 1 atom stereocenters. The highest BCUT2D eigenvalue weighted by Gasteiger charge is 2.29. The Hall–Kier alpha value is -3.15. The van der Waals surface area contributed by atoms with E-state index in [1.54, 1.807) is 13.0 Å². The Bertz CT molecular complexity index is 1190. The zero-order valence-electron chi connectivity index (χ0n) is 18.9. The minimum atomic E-state index is -0.300. The third kappa shape index (κ3) is 4.39. The molecule has 6 heteroatoms. The van der Waals surface area contributed by atoms with E-state index in [-0.39, 0.29) is 30.3 Å². The van der Waals surface area contributed by atoms with Gasteiger partial charge in [-0.3, -0.25) is 9.59 Å². The first kappa shape index (κ1) is 21.7. The second-order valence-corrected chi connectivity index (χ2v) is 9.23. The van der Waals surface area contributed by atoms with Gasteiger partial charge in [0.05, 0.1) is 6.61 Å². The molecular weight excluding hydrogens is 419 g/mol. The number of aromatic nitrogens is 1. The summed E-state index contributed by atoms with van der Waals surface area (Å²) in [5.74, 6) is -0.162. The van der Waals surface area contributed by atoms with E-state index in [2.05, 4.69) is 29.6 Å². The quantitative estimate of drug-likeness (QED) is 0.577. The van der Waals surface area contributed by atoms with Gasteiger partial charge < -0.3 is 14.6 Å². The van der Waals surface area contributed by atoms with E-state index in [1.807, 2.05) is 4.57 Å². The SMILES string of the molecule is CCOC(=O)Cn1c2c(c3cc(F)ccc31)C[C@@H](NC(=O)CC1Cc3ccccc3C1)CC2. The van der Waals surface area contributed by atoms with E-state index in [0.717, 1.165) is 47.8 Å². The average molecular weight is 449 g/mol. The molecule has 0 aliphatic heterocycles. The number of amides is 1. The van der Waals surface area contributed by atoms with Crippen molar-refractivity contribution in [2.75, 3.05) is 6.61 Å². The Morgan fingerprint density at radius 3 is 2.61 bits per heavy atom. The third-order valence-corrected chi connectivity index (χ3v) is 7.00. The predicted molar refractivity (Wildman–Crippen MR) is 124 cm³/mol. The first-order valence-corrected chi connectivity index (χ1v) is 11.8. The average Bonchev–Trinajstić information content (AvgIpc) is 3.32. The molecule has 0 spiro atoms. The Labute approximate surface area is 192 Å². The molecule has 1 aromatic heterocycles. The zero-order chi connectivity index (χ0) is 22.9. The number of hydrogen-bond donors (Lipinski definition) is 1. The van der Waals surface area contributed by atoms with Gasteiger partial charge in [0, 0.05) is 29.1 Å². The van der Waals surface area contributed by atoms with Crippen LogP contribution >= 0.6 is 0 Å². The van der Waals surface area contributed by atoms with Crippen molar-refractivity contribution in [3.8, 4) is 0 Å². The summed E-state index contributed by atoms with van der Waals surface area (Å²) in [6, 6.07) is 13.1. The molecule has 0 unspecified atom stereocenters. The van der Waals surface area contributed by atoms with E-state index in [9.17, 15) is 14.0 Å². The van der Waals surface area contributed by atoms with Gasteiger partial charge in [0.2, 0.25) is 5.91 Å². The number of nitrogens with zero attached hydrogens (tertiary/aromatic N) is 1. The molecule has 2 aliphatic carbocycles. The van der Waals surface area contributed by atoms with Crippen LogP contribution in [0.5, 0.6) is 0 Å². The maximum absolute atomic E-state index is 14.1. The highest BCUT2D eigenvalue weighted by molar-refractivity contribution is 5.87. The molecule has 172 valence electrons. The van der Waals surface area contributed by atoms with Crippen LogP contribution in [0.3, 0.4) is 0 Å². The number of benzene rings is 2. The standard InChI is InChI=1S/C27H29FN2O3/c1-2-33-27(32)16-30-24-9-7-20(28)14-22(24)23-15-21(8-10-25(23)30)29-26(31)13-17-11-18-5-3-4-6-19(18)12-17/h3-7,9,14,17,21H,2,8,10-13,15-16H2,1H3,(H,29,31)/t21-/m0/s1. The third-order valence-electron chi connectivity index (χ3n) is 7.00. The maximum atomic E-state index is 14.1. The molecule has 0 saturated heterocycles. The van der Waals surface area contributed by atoms with Gasteiger partial charge in [0.1, 0.15) is 12.4 Å². The summed E-state index contributed by atoms with van der Waals surface area (Å²) >= 11 is 0. The van der Waals surface area contributed by atoms with E-state index in [1.165, 1.54) is 23.3 Å². The topological polar surface area (TPSA) is 60.3 Å². The number of carbonyl (C=O) groups excluding carboxylic acids is 2. The summed E-state index contributed by atoms with van der Waals surface area (Å²) in [4.78, 5) is 25.0. The van der Waals surface area contributed by atoms with Crippen LogP contribution in [-0.2, 0) is 46.6 Å². The van der Waals surface area contributed by atoms with E-state index in [4.69, 9.17) is 4.74 Å². The molecule has 0 bridgehead atoms. The minimum absolute atomic E-state index is 0.0127. The van der Waals surface area contributed by atoms with Crippen LogP contribution in [-0.4, -0.2) is 29.1 Å². The molecule has 1 heterocycles. The first-order chi connectivity index (χ1) is 16.0. The van der Waals surface area contributed by atoms with Crippen LogP contribution in [0.4, 0.5) is 4.39 Å². The van der Waals surface area contributed by atoms with Gasteiger partial charge in [-0.1, -0.05) is 24.3 Å². The maximum Gasteiger partial charge on any atom is 0.325 e. The lowest BCUT2D eigenvalue weighted by molar-refractivity contribution is -0.143. The van der Waals surface area contributed by atoms with Crippen LogP contribution < -0.4 is 5.32 Å². The number of ether oxygens (including phenoxy) is 1. The molecule has 2 aromatic carbocycles. The van der Waals surface area contributed by atoms with Crippen molar-refractivity contribution in [3.63, 3.8) is 0 Å². The molecule has 3 aromatic rings. The molecule has 0 saturated carbocycles. The molecule has 2 aliphatic rings. The van der Waals surface area contributed by atoms with Crippen LogP contribution in [0.15, 0.2) is 42.5 Å². The van der Waals surface area contributed by atoms with Crippen LogP contribution in [0, 0.1) is 11.7 Å². The Morgan fingerprint density at radius 1 is 1.12 bits per heavy atom. The number of nitrogens with one attached hydrogen (secondary N) is 1. The van der Waals surface area contributed by atoms with Crippen molar-refractivity contribution in [2.24, 2.45) is 5.92 Å². The molecule has 0 fully saturated rings. The summed E-state index contributed by atoms with van der Waals surface area (Å²) < 4.78 is 21.2. The fourth-order valence-electron chi connectivity index (χ4n) is 5.60. The largest absolute Gasteiger partial charge is 0.465 e. The molecule has 5 nitrogen and oxygen atoms in total. The summed E-state index contributed by atoms with van der Waals surface area (Å²) in [6.07, 6.45) is 4.60. The zero-order valence-corrected chi connectivity index (χ0v) is 18.9. The number of esters is 1. The lowest BCUT2D eigenvalue weighted by Crippen LogP contribution is -2.39. The number of halogens is 1. The molecule has 0 radical (unpaired) electrons. The smallest absolute Gasteiger partial charge is 0.325 e. The predicted octanol–water partition coefficient (Wildman–Crippen LogP) is 4.12. The number of rotatable bonds is 6. The van der Waals surface area contributed by atoms with E-state index >= 15 is 0 Å². The van der Waals surface area contributed by atoms with Gasteiger partial charge in [0.15, 0.2) is 0 Å². The van der Waals surface area contributed by atoms with E-state index < -0.39 is 0 Å². The Morgan fingerprint density at radius 2 is 1.88 bits per heavy atom. The summed E-state index contributed by atoms with van der Waals surface area (Å²) in [5, 5.41) is 4.05. The summed E-state index contributed by atoms with van der Waals surface area (Å²) in [6.45, 7) is 2.23. The molecule has 1 amide bonds. The Kier molecular flexibility index (Phi) is 5.92. The van der Waals surface area contributed by atoms with Gasteiger partial charge in [-0.15, -0.1) is 0 Å². The van der Waals surface area contributed by atoms with Crippen LogP contribution in [0.2, 0.25) is 0 Å². The lowest BCUT2D eigenvalue weighted by Gasteiger charge is -2.25. The van der Waals surface area contributed by atoms with Gasteiger partial charge >= 0.3 is 5.97 Å². The van der Waals surface area contributed by atoms with E-state index in [0.29, 0.717) is 25.4 Å². The number of carbonyl (C=O) groups is 2. The number of fused-ring (bicyclic) bond motifs is 4. The van der Waals surface area contributed by atoms with Crippen molar-refractivity contribution in [2.45, 2.75) is 58.0 Å². The van der Waals surface area contributed by atoms with Crippen molar-refractivity contribution in [1.29, 1.82) is 0 Å². The normalized spacial score (nSPS) is 17.6. The van der Waals surface area contributed by atoms with Gasteiger partial charge in [-0.25, -0.2) is 4.39 Å². The van der Waals surface area contributed by atoms with Crippen LogP contribution in [0.1, 0.15) is 42.1 Å². The van der Waals surface area contributed by atoms with Gasteiger partial charge in [0.25, 0.3) is 0 Å². The summed E-state index contributed by atoms with van der Waals surface area (Å²) in [7, 11) is 0. The fraction of sp³-hybridized carbons (Fsp3) is 0.407. The van der Waals surface area contributed by atoms with Crippen LogP contribution in [0.25, 0.3) is 10.9 Å². The number of hydrogen-bond acceptors (Lipinski definition) is 3. The van der Waals surface area contributed by atoms with Gasteiger partial charge in [-0.2, -0.15) is 0 Å². The highest BCUT2D eigenvalue weighted by Crippen LogP contribution is 2.33. The highest BCUT2D eigenvalue weighted by atomic mass is 19.1. The minimum Gasteiger partial charge on any atom is -0.465 e. The van der Waals surface area contributed by atoms with Crippen molar-refractivity contribution in [1.82, 2.24) is 9.88 Å². The Balaban J connectivity index is 1.30. The fourth-order valence-corrected chi connectivity index (χ4v) is 5.60. The lowest BCUT2D eigenvalue weighted by atomic mass is 9.91.